The first-order chi connectivity index (χ1) is 7.01. The Morgan fingerprint density at radius 2 is 1.87 bits per heavy atom. The van der Waals surface area contributed by atoms with Crippen LogP contribution in [-0.2, 0) is 0 Å². The molecule has 0 unspecified atom stereocenters. The third-order valence-corrected chi connectivity index (χ3v) is 4.48. The lowest BCUT2D eigenvalue weighted by Gasteiger charge is -2.05. The van der Waals surface area contributed by atoms with Gasteiger partial charge >= 0.3 is 0 Å². The molecule has 2 atom stereocenters. The van der Waals surface area contributed by atoms with E-state index in [2.05, 4.69) is 39.8 Å². The van der Waals surface area contributed by atoms with Gasteiger partial charge in [-0.2, -0.15) is 0 Å². The first-order valence-electron chi connectivity index (χ1n) is 6.34. The number of hydrogen-bond acceptors (Lipinski definition) is 0. The zero-order valence-electron chi connectivity index (χ0n) is 10.6. The van der Waals surface area contributed by atoms with Crippen LogP contribution >= 0.6 is 0 Å². The van der Waals surface area contributed by atoms with Crippen molar-refractivity contribution >= 4 is 0 Å². The molecule has 0 radical (unpaired) electrons. The SMILES string of the molecule is C/C1=C/[C@@H]2[C@H](CC/C(C)=C\CC1)C2(C)C. The Kier molecular flexibility index (Phi) is 2.79. The van der Waals surface area contributed by atoms with E-state index < -0.39 is 0 Å². The van der Waals surface area contributed by atoms with Crippen molar-refractivity contribution in [3.8, 4) is 0 Å². The predicted molar refractivity (Wildman–Crippen MR) is 66.7 cm³/mol. The lowest BCUT2D eigenvalue weighted by atomic mass is 10.0. The lowest BCUT2D eigenvalue weighted by Crippen LogP contribution is -1.90. The van der Waals surface area contributed by atoms with Crippen molar-refractivity contribution in [3.05, 3.63) is 23.3 Å². The monoisotopic (exact) mass is 204 g/mol. The predicted octanol–water partition coefficient (Wildman–Crippen LogP) is 4.73. The summed E-state index contributed by atoms with van der Waals surface area (Å²) in [6.45, 7) is 9.47. The molecule has 0 aliphatic heterocycles. The normalized spacial score (nSPS) is 41.9. The van der Waals surface area contributed by atoms with E-state index in [9.17, 15) is 0 Å². The highest BCUT2D eigenvalue weighted by Crippen LogP contribution is 2.61. The summed E-state index contributed by atoms with van der Waals surface area (Å²) in [5, 5.41) is 0. The van der Waals surface area contributed by atoms with E-state index in [1.54, 1.807) is 11.1 Å². The molecule has 0 heteroatoms. The molecule has 0 saturated heterocycles. The van der Waals surface area contributed by atoms with Crippen LogP contribution in [0.2, 0.25) is 0 Å². The average Bonchev–Trinajstić information content (AvgIpc) is 2.65. The molecule has 0 aromatic carbocycles. The van der Waals surface area contributed by atoms with Crippen molar-refractivity contribution < 1.29 is 0 Å². The highest BCUT2D eigenvalue weighted by molar-refractivity contribution is 5.19. The van der Waals surface area contributed by atoms with Crippen LogP contribution in [0, 0.1) is 17.3 Å². The molecule has 1 saturated carbocycles. The maximum Gasteiger partial charge on any atom is -0.0143 e. The molecule has 0 nitrogen and oxygen atoms in total. The fourth-order valence-corrected chi connectivity index (χ4v) is 3.09. The maximum atomic E-state index is 2.55. The second-order valence-corrected chi connectivity index (χ2v) is 6.09. The van der Waals surface area contributed by atoms with Gasteiger partial charge in [-0.15, -0.1) is 0 Å². The Hall–Kier alpha value is -0.520. The van der Waals surface area contributed by atoms with Crippen LogP contribution in [0.3, 0.4) is 0 Å². The number of allylic oxidation sites excluding steroid dienone is 4. The minimum atomic E-state index is 0.575. The van der Waals surface area contributed by atoms with E-state index in [1.165, 1.54) is 25.7 Å². The second kappa shape index (κ2) is 3.81. The first-order valence-corrected chi connectivity index (χ1v) is 6.34. The molecule has 1 fully saturated rings. The lowest BCUT2D eigenvalue weighted by molar-refractivity contribution is 0.528. The van der Waals surface area contributed by atoms with Crippen molar-refractivity contribution in [3.63, 3.8) is 0 Å². The minimum Gasteiger partial charge on any atom is -0.0853 e. The van der Waals surface area contributed by atoms with Gasteiger partial charge in [0.25, 0.3) is 0 Å². The van der Waals surface area contributed by atoms with Gasteiger partial charge in [-0.3, -0.25) is 0 Å². The van der Waals surface area contributed by atoms with Crippen LogP contribution in [0.4, 0.5) is 0 Å². The van der Waals surface area contributed by atoms with Gasteiger partial charge in [0.1, 0.15) is 0 Å². The van der Waals surface area contributed by atoms with Crippen molar-refractivity contribution in [1.29, 1.82) is 0 Å². The minimum absolute atomic E-state index is 0.575. The fourth-order valence-electron chi connectivity index (χ4n) is 3.09. The van der Waals surface area contributed by atoms with Crippen molar-refractivity contribution in [2.24, 2.45) is 17.3 Å². The summed E-state index contributed by atoms with van der Waals surface area (Å²) in [5.41, 5.74) is 3.78. The zero-order valence-corrected chi connectivity index (χ0v) is 10.6. The van der Waals surface area contributed by atoms with Gasteiger partial charge in [0.05, 0.1) is 0 Å². The molecular weight excluding hydrogens is 180 g/mol. The molecule has 0 heterocycles. The van der Waals surface area contributed by atoms with E-state index in [1.807, 2.05) is 0 Å². The summed E-state index contributed by atoms with van der Waals surface area (Å²) in [4.78, 5) is 0. The number of fused-ring (bicyclic) bond motifs is 1. The Morgan fingerprint density at radius 3 is 2.60 bits per heavy atom. The highest BCUT2D eigenvalue weighted by Gasteiger charge is 2.55. The molecule has 0 bridgehead atoms. The molecule has 0 N–H and O–H groups in total. The number of rotatable bonds is 0. The molecule has 0 spiro atoms. The Bertz CT molecular complexity index is 304. The molecule has 2 aliphatic carbocycles. The largest absolute Gasteiger partial charge is 0.0853 e. The second-order valence-electron chi connectivity index (χ2n) is 6.09. The van der Waals surface area contributed by atoms with Crippen LogP contribution in [0.15, 0.2) is 23.3 Å². The van der Waals surface area contributed by atoms with Gasteiger partial charge in [0.2, 0.25) is 0 Å². The van der Waals surface area contributed by atoms with Crippen LogP contribution in [-0.4, -0.2) is 0 Å². The summed E-state index contributed by atoms with van der Waals surface area (Å²) < 4.78 is 0. The molecule has 0 aromatic heterocycles. The van der Waals surface area contributed by atoms with Gasteiger partial charge in [-0.1, -0.05) is 37.1 Å². The number of hydrogen-bond donors (Lipinski definition) is 0. The summed E-state index contributed by atoms with van der Waals surface area (Å²) in [6.07, 6.45) is 10.2. The van der Waals surface area contributed by atoms with Crippen LogP contribution < -0.4 is 0 Å². The van der Waals surface area contributed by atoms with Crippen LogP contribution in [0.5, 0.6) is 0 Å². The zero-order chi connectivity index (χ0) is 11.1. The maximum absolute atomic E-state index is 2.55. The van der Waals surface area contributed by atoms with Gasteiger partial charge in [-0.05, 0) is 56.8 Å². The Morgan fingerprint density at radius 1 is 1.13 bits per heavy atom. The summed E-state index contributed by atoms with van der Waals surface area (Å²) in [7, 11) is 0. The topological polar surface area (TPSA) is 0 Å². The van der Waals surface area contributed by atoms with Crippen LogP contribution in [0.1, 0.15) is 53.4 Å². The molecule has 2 aliphatic rings. The highest BCUT2D eigenvalue weighted by atomic mass is 14.6. The van der Waals surface area contributed by atoms with Gasteiger partial charge in [0.15, 0.2) is 0 Å². The molecule has 15 heavy (non-hydrogen) atoms. The third kappa shape index (κ3) is 2.19. The average molecular weight is 204 g/mol. The van der Waals surface area contributed by atoms with Gasteiger partial charge in [0, 0.05) is 0 Å². The van der Waals surface area contributed by atoms with Crippen molar-refractivity contribution in [2.45, 2.75) is 53.4 Å². The van der Waals surface area contributed by atoms with Crippen molar-refractivity contribution in [2.75, 3.05) is 0 Å². The standard InChI is InChI=1S/C15H24/c1-11-6-5-7-12(2)10-14-13(9-8-11)15(14,3)4/h6,10,13-14H,5,7-9H2,1-4H3/b11-6-,12-10-/t13-,14+/m0/s1. The van der Waals surface area contributed by atoms with Gasteiger partial charge in [-0.25, -0.2) is 0 Å². The summed E-state index contributed by atoms with van der Waals surface area (Å²) in [5.74, 6) is 1.80. The van der Waals surface area contributed by atoms with E-state index in [-0.39, 0.29) is 0 Å². The molecular formula is C15H24. The smallest absolute Gasteiger partial charge is 0.0143 e. The van der Waals surface area contributed by atoms with E-state index >= 15 is 0 Å². The first kappa shape index (κ1) is 11.0. The molecule has 84 valence electrons. The summed E-state index contributed by atoms with van der Waals surface area (Å²) >= 11 is 0. The van der Waals surface area contributed by atoms with Crippen LogP contribution in [0.25, 0.3) is 0 Å². The quantitative estimate of drug-likeness (QED) is 0.501. The summed E-state index contributed by atoms with van der Waals surface area (Å²) in [6, 6.07) is 0. The van der Waals surface area contributed by atoms with Crippen molar-refractivity contribution in [1.82, 2.24) is 0 Å². The Labute approximate surface area is 94.5 Å². The molecule has 2 rings (SSSR count). The molecule has 0 amide bonds. The van der Waals surface area contributed by atoms with Gasteiger partial charge < -0.3 is 0 Å². The van der Waals surface area contributed by atoms with E-state index in [0.717, 1.165) is 11.8 Å². The fraction of sp³-hybridized carbons (Fsp3) is 0.733. The third-order valence-electron chi connectivity index (χ3n) is 4.48. The Balaban J connectivity index is 2.13. The van der Waals surface area contributed by atoms with E-state index in [0.29, 0.717) is 5.41 Å². The van der Waals surface area contributed by atoms with E-state index in [4.69, 9.17) is 0 Å². The molecule has 0 aromatic rings.